The zero-order valence-corrected chi connectivity index (χ0v) is 15.8. The van der Waals surface area contributed by atoms with Gasteiger partial charge in [0, 0.05) is 29.1 Å². The first-order valence-electron chi connectivity index (χ1n) is 7.97. The van der Waals surface area contributed by atoms with Crippen LogP contribution < -0.4 is 4.80 Å². The van der Waals surface area contributed by atoms with E-state index in [4.69, 9.17) is 28.2 Å². The summed E-state index contributed by atoms with van der Waals surface area (Å²) in [6.45, 7) is 0. The Kier molecular flexibility index (Phi) is 4.56. The normalized spacial score (nSPS) is 14.6. The third-order valence-electron chi connectivity index (χ3n) is 4.13. The van der Waals surface area contributed by atoms with Gasteiger partial charge in [-0.2, -0.15) is 0 Å². The summed E-state index contributed by atoms with van der Waals surface area (Å²) in [7, 11) is 0. The largest absolute Gasteiger partial charge is 0.313 e. The van der Waals surface area contributed by atoms with Crippen molar-refractivity contribution >= 4 is 45.9 Å². The molecule has 0 bridgehead atoms. The van der Waals surface area contributed by atoms with Gasteiger partial charge in [0.25, 0.3) is 5.69 Å². The highest BCUT2D eigenvalue weighted by Crippen LogP contribution is 2.38. The number of hydrogen-bond acceptors (Lipinski definition) is 4. The molecule has 8 heteroatoms. The highest BCUT2D eigenvalue weighted by Gasteiger charge is 2.27. The molecule has 0 radical (unpaired) electrons. The maximum atomic E-state index is 11.1. The number of hydrogen-bond donors (Lipinski definition) is 0. The van der Waals surface area contributed by atoms with Crippen LogP contribution in [0.3, 0.4) is 0 Å². The van der Waals surface area contributed by atoms with Gasteiger partial charge in [-0.1, -0.05) is 35.3 Å². The third kappa shape index (κ3) is 3.40. The minimum absolute atomic E-state index is 0.0824. The van der Waals surface area contributed by atoms with E-state index in [1.807, 2.05) is 17.5 Å². The first-order valence-corrected chi connectivity index (χ1v) is 9.61. The minimum atomic E-state index is -0.377. The van der Waals surface area contributed by atoms with E-state index >= 15 is 0 Å². The van der Waals surface area contributed by atoms with Gasteiger partial charge < -0.3 is 4.57 Å². The van der Waals surface area contributed by atoms with Crippen molar-refractivity contribution in [3.8, 4) is 11.3 Å². The van der Waals surface area contributed by atoms with Crippen LogP contribution in [0, 0.1) is 10.1 Å². The Hall–Kier alpha value is -2.15. The smallest absolute Gasteiger partial charge is 0.270 e. The van der Waals surface area contributed by atoms with Crippen LogP contribution in [0.25, 0.3) is 11.3 Å². The van der Waals surface area contributed by atoms with E-state index in [0.717, 1.165) is 34.6 Å². The number of nitrogens with zero attached hydrogens (tertiary/aromatic N) is 3. The van der Waals surface area contributed by atoms with Crippen LogP contribution in [-0.2, 0) is 0 Å². The standard InChI is InChI=1S/C18H13Cl2N3O2S/c19-15-7-4-12(9-16(15)20)21-18-22(13-5-6-13)17(10-26-18)11-2-1-3-14(8-11)23(24)25/h1-4,7-10,13H,5-6H2. The summed E-state index contributed by atoms with van der Waals surface area (Å²) in [6, 6.07) is 12.3. The summed E-state index contributed by atoms with van der Waals surface area (Å²) >= 11 is 13.6. The molecule has 0 amide bonds. The van der Waals surface area contributed by atoms with Gasteiger partial charge in [0.2, 0.25) is 0 Å². The number of rotatable bonds is 4. The lowest BCUT2D eigenvalue weighted by atomic mass is 10.1. The van der Waals surface area contributed by atoms with Crippen LogP contribution in [0.15, 0.2) is 52.8 Å². The second kappa shape index (κ2) is 6.87. The molecular weight excluding hydrogens is 393 g/mol. The fourth-order valence-electron chi connectivity index (χ4n) is 2.74. The lowest BCUT2D eigenvalue weighted by molar-refractivity contribution is -0.384. The fraction of sp³-hybridized carbons (Fsp3) is 0.167. The van der Waals surface area contributed by atoms with Crippen molar-refractivity contribution in [3.63, 3.8) is 0 Å². The Morgan fingerprint density at radius 3 is 2.65 bits per heavy atom. The first kappa shape index (κ1) is 17.3. The van der Waals surface area contributed by atoms with Gasteiger partial charge in [-0.3, -0.25) is 10.1 Å². The maximum absolute atomic E-state index is 11.1. The quantitative estimate of drug-likeness (QED) is 0.394. The number of halogens is 2. The van der Waals surface area contributed by atoms with Gasteiger partial charge in [-0.05, 0) is 31.0 Å². The summed E-state index contributed by atoms with van der Waals surface area (Å²) in [5.41, 5.74) is 2.57. The minimum Gasteiger partial charge on any atom is -0.313 e. The first-order chi connectivity index (χ1) is 12.5. The lowest BCUT2D eigenvalue weighted by Gasteiger charge is -2.07. The molecule has 0 unspecified atom stereocenters. The molecule has 1 fully saturated rings. The Balaban J connectivity index is 1.83. The molecule has 26 heavy (non-hydrogen) atoms. The number of thiazole rings is 1. The molecule has 0 aliphatic heterocycles. The van der Waals surface area contributed by atoms with Crippen molar-refractivity contribution in [1.82, 2.24) is 4.57 Å². The summed E-state index contributed by atoms with van der Waals surface area (Å²) < 4.78 is 2.16. The van der Waals surface area contributed by atoms with E-state index in [0.29, 0.717) is 16.1 Å². The molecule has 4 rings (SSSR count). The second-order valence-corrected chi connectivity index (χ2v) is 7.67. The Morgan fingerprint density at radius 2 is 1.96 bits per heavy atom. The van der Waals surface area contributed by atoms with E-state index < -0.39 is 0 Å². The molecular formula is C18H13Cl2N3O2S. The predicted octanol–water partition coefficient (Wildman–Crippen LogP) is 6.00. The Morgan fingerprint density at radius 1 is 1.15 bits per heavy atom. The van der Waals surface area contributed by atoms with Crippen molar-refractivity contribution in [2.24, 2.45) is 4.99 Å². The second-order valence-electron chi connectivity index (χ2n) is 6.02. The average molecular weight is 406 g/mol. The highest BCUT2D eigenvalue weighted by atomic mass is 35.5. The number of nitro benzene ring substituents is 1. The molecule has 0 atom stereocenters. The van der Waals surface area contributed by atoms with Gasteiger partial charge >= 0.3 is 0 Å². The van der Waals surface area contributed by atoms with Crippen LogP contribution in [0.2, 0.25) is 10.0 Å². The Bertz CT molecular complexity index is 1070. The molecule has 1 saturated carbocycles. The van der Waals surface area contributed by atoms with Crippen LogP contribution >= 0.6 is 34.5 Å². The van der Waals surface area contributed by atoms with Crippen LogP contribution in [0.1, 0.15) is 18.9 Å². The lowest BCUT2D eigenvalue weighted by Crippen LogP contribution is -2.14. The van der Waals surface area contributed by atoms with Crippen LogP contribution in [0.4, 0.5) is 11.4 Å². The topological polar surface area (TPSA) is 60.4 Å². The summed E-state index contributed by atoms with van der Waals surface area (Å²) in [4.78, 5) is 16.3. The van der Waals surface area contributed by atoms with Crippen molar-refractivity contribution in [3.05, 3.63) is 72.8 Å². The van der Waals surface area contributed by atoms with Crippen molar-refractivity contribution in [1.29, 1.82) is 0 Å². The van der Waals surface area contributed by atoms with E-state index in [2.05, 4.69) is 4.57 Å². The predicted molar refractivity (Wildman–Crippen MR) is 104 cm³/mol. The molecule has 1 aliphatic rings. The molecule has 0 N–H and O–H groups in total. The monoisotopic (exact) mass is 405 g/mol. The summed E-state index contributed by atoms with van der Waals surface area (Å²) in [5, 5.41) is 14.0. The van der Waals surface area contributed by atoms with E-state index in [1.165, 1.54) is 17.4 Å². The van der Waals surface area contributed by atoms with Gasteiger partial charge in [-0.25, -0.2) is 4.99 Å². The van der Waals surface area contributed by atoms with E-state index in [1.54, 1.807) is 24.3 Å². The van der Waals surface area contributed by atoms with Gasteiger partial charge in [0.1, 0.15) is 0 Å². The highest BCUT2D eigenvalue weighted by molar-refractivity contribution is 7.07. The Labute approximate surface area is 163 Å². The van der Waals surface area contributed by atoms with E-state index in [9.17, 15) is 10.1 Å². The van der Waals surface area contributed by atoms with Gasteiger partial charge in [0.05, 0.1) is 26.3 Å². The number of nitro groups is 1. The number of aromatic nitrogens is 1. The van der Waals surface area contributed by atoms with Crippen molar-refractivity contribution in [2.45, 2.75) is 18.9 Å². The average Bonchev–Trinajstić information content (AvgIpc) is 3.38. The van der Waals surface area contributed by atoms with E-state index in [-0.39, 0.29) is 10.6 Å². The molecule has 0 saturated heterocycles. The molecule has 132 valence electrons. The van der Waals surface area contributed by atoms with Gasteiger partial charge in [-0.15, -0.1) is 11.3 Å². The number of benzene rings is 2. The third-order valence-corrected chi connectivity index (χ3v) is 5.71. The zero-order valence-electron chi connectivity index (χ0n) is 13.4. The van der Waals surface area contributed by atoms with Gasteiger partial charge in [0.15, 0.2) is 4.80 Å². The molecule has 1 heterocycles. The number of non-ortho nitro benzene ring substituents is 1. The molecule has 0 spiro atoms. The maximum Gasteiger partial charge on any atom is 0.270 e. The molecule has 1 aliphatic carbocycles. The summed E-state index contributed by atoms with van der Waals surface area (Å²) in [5.74, 6) is 0. The van der Waals surface area contributed by atoms with Crippen LogP contribution in [-0.4, -0.2) is 9.49 Å². The summed E-state index contributed by atoms with van der Waals surface area (Å²) in [6.07, 6.45) is 2.15. The zero-order chi connectivity index (χ0) is 18.3. The molecule has 1 aromatic heterocycles. The molecule has 5 nitrogen and oxygen atoms in total. The molecule has 2 aromatic carbocycles. The van der Waals surface area contributed by atoms with Crippen LogP contribution in [0.5, 0.6) is 0 Å². The van der Waals surface area contributed by atoms with Crippen molar-refractivity contribution < 1.29 is 4.92 Å². The fourth-order valence-corrected chi connectivity index (χ4v) is 4.02. The molecule has 3 aromatic rings. The SMILES string of the molecule is O=[N+]([O-])c1cccc(-c2csc(=Nc3ccc(Cl)c(Cl)c3)n2C2CC2)c1. The van der Waals surface area contributed by atoms with Crippen molar-refractivity contribution in [2.75, 3.05) is 0 Å².